The Hall–Kier alpha value is -0.570. The number of likely N-dealkylation sites (N-methyl/N-ethyl adjacent to an activating group) is 1. The van der Waals surface area contributed by atoms with Gasteiger partial charge in [-0.25, -0.2) is 4.99 Å². The standard InChI is InChI=1S/C18H34N4O2.HI/c1-4-24-14-15-10-11-22(13-15)18(19-12-17(23)21(2)3)20-16-8-6-5-7-9-16;/h15-16H,4-14H2,1-3H3,(H,19,20);1H. The molecule has 1 aliphatic carbocycles. The van der Waals surface area contributed by atoms with E-state index in [0.29, 0.717) is 12.0 Å². The van der Waals surface area contributed by atoms with Gasteiger partial charge < -0.3 is 19.9 Å². The van der Waals surface area contributed by atoms with Gasteiger partial charge in [0.2, 0.25) is 5.91 Å². The van der Waals surface area contributed by atoms with E-state index in [1.165, 1.54) is 32.1 Å². The van der Waals surface area contributed by atoms with Crippen molar-refractivity contribution in [3.8, 4) is 0 Å². The second kappa shape index (κ2) is 11.9. The first-order chi connectivity index (χ1) is 11.6. The zero-order valence-electron chi connectivity index (χ0n) is 16.0. The lowest BCUT2D eigenvalue weighted by Gasteiger charge is -2.29. The molecule has 1 saturated heterocycles. The van der Waals surface area contributed by atoms with E-state index in [9.17, 15) is 4.79 Å². The third-order valence-electron chi connectivity index (χ3n) is 4.94. The number of carbonyl (C=O) groups is 1. The van der Waals surface area contributed by atoms with Crippen molar-refractivity contribution in [3.63, 3.8) is 0 Å². The number of ether oxygens (including phenoxy) is 1. The summed E-state index contributed by atoms with van der Waals surface area (Å²) in [6, 6.07) is 0.498. The third kappa shape index (κ3) is 7.68. The number of nitrogens with one attached hydrogen (secondary N) is 1. The predicted octanol–water partition coefficient (Wildman–Crippen LogP) is 2.33. The maximum atomic E-state index is 11.9. The molecule has 1 amide bonds. The molecule has 7 heteroatoms. The Morgan fingerprint density at radius 1 is 1.24 bits per heavy atom. The summed E-state index contributed by atoms with van der Waals surface area (Å²) in [6.07, 6.45) is 7.45. The molecular formula is C18H35IN4O2. The number of rotatable bonds is 6. The first kappa shape index (κ1) is 22.5. The molecule has 0 aromatic carbocycles. The molecule has 0 aromatic rings. The Morgan fingerprint density at radius 2 is 1.96 bits per heavy atom. The normalized spacial score (nSPS) is 21.8. The van der Waals surface area contributed by atoms with Crippen molar-refractivity contribution in [2.45, 2.75) is 51.5 Å². The van der Waals surface area contributed by atoms with Gasteiger partial charge in [0, 0.05) is 45.8 Å². The lowest BCUT2D eigenvalue weighted by molar-refractivity contribution is -0.127. The fourth-order valence-corrected chi connectivity index (χ4v) is 3.40. The van der Waals surface area contributed by atoms with Gasteiger partial charge in [-0.15, -0.1) is 24.0 Å². The summed E-state index contributed by atoms with van der Waals surface area (Å²) in [4.78, 5) is 20.5. The molecule has 0 radical (unpaired) electrons. The maximum absolute atomic E-state index is 11.9. The van der Waals surface area contributed by atoms with E-state index < -0.39 is 0 Å². The number of aliphatic imine (C=N–C) groups is 1. The number of carbonyl (C=O) groups excluding carboxylic acids is 1. The van der Waals surface area contributed by atoms with Gasteiger partial charge in [0.15, 0.2) is 5.96 Å². The van der Waals surface area contributed by atoms with Crippen molar-refractivity contribution < 1.29 is 9.53 Å². The Balaban J connectivity index is 0.00000312. The second-order valence-electron chi connectivity index (χ2n) is 7.17. The van der Waals surface area contributed by atoms with E-state index >= 15 is 0 Å². The van der Waals surface area contributed by atoms with Crippen molar-refractivity contribution in [1.82, 2.24) is 15.1 Å². The highest BCUT2D eigenvalue weighted by Crippen LogP contribution is 2.20. The molecule has 2 aliphatic rings. The minimum atomic E-state index is 0. The van der Waals surface area contributed by atoms with Crippen molar-refractivity contribution in [2.75, 3.05) is 46.9 Å². The van der Waals surface area contributed by atoms with Crippen LogP contribution in [0.4, 0.5) is 0 Å². The van der Waals surface area contributed by atoms with Gasteiger partial charge in [-0.05, 0) is 26.2 Å². The molecule has 1 saturated carbocycles. The molecule has 1 aliphatic heterocycles. The molecule has 146 valence electrons. The number of hydrogen-bond donors (Lipinski definition) is 1. The van der Waals surface area contributed by atoms with Gasteiger partial charge in [-0.1, -0.05) is 19.3 Å². The summed E-state index contributed by atoms with van der Waals surface area (Å²) in [6.45, 7) is 5.81. The summed E-state index contributed by atoms with van der Waals surface area (Å²) in [5, 5.41) is 3.63. The molecule has 0 aromatic heterocycles. The van der Waals surface area contributed by atoms with Gasteiger partial charge in [0.1, 0.15) is 6.54 Å². The average molecular weight is 466 g/mol. The molecule has 1 heterocycles. The van der Waals surface area contributed by atoms with Crippen LogP contribution < -0.4 is 5.32 Å². The summed E-state index contributed by atoms with van der Waals surface area (Å²) in [5.41, 5.74) is 0. The van der Waals surface area contributed by atoms with Crippen LogP contribution in [0.5, 0.6) is 0 Å². The van der Waals surface area contributed by atoms with Crippen LogP contribution in [0.15, 0.2) is 4.99 Å². The predicted molar refractivity (Wildman–Crippen MR) is 113 cm³/mol. The fraction of sp³-hybridized carbons (Fsp3) is 0.889. The first-order valence-electron chi connectivity index (χ1n) is 9.44. The highest BCUT2D eigenvalue weighted by molar-refractivity contribution is 14.0. The van der Waals surface area contributed by atoms with Crippen LogP contribution in [0.25, 0.3) is 0 Å². The molecule has 2 fully saturated rings. The lowest BCUT2D eigenvalue weighted by atomic mass is 9.96. The first-order valence-corrected chi connectivity index (χ1v) is 9.44. The highest BCUT2D eigenvalue weighted by atomic mass is 127. The van der Waals surface area contributed by atoms with Gasteiger partial charge >= 0.3 is 0 Å². The summed E-state index contributed by atoms with van der Waals surface area (Å²) < 4.78 is 5.58. The Labute approximate surface area is 169 Å². The van der Waals surface area contributed by atoms with Crippen molar-refractivity contribution in [3.05, 3.63) is 0 Å². The fourth-order valence-electron chi connectivity index (χ4n) is 3.40. The quantitative estimate of drug-likeness (QED) is 0.371. The molecular weight excluding hydrogens is 431 g/mol. The van der Waals surface area contributed by atoms with E-state index in [0.717, 1.165) is 38.7 Å². The van der Waals surface area contributed by atoms with Gasteiger partial charge in [-0.3, -0.25) is 4.79 Å². The van der Waals surface area contributed by atoms with Crippen molar-refractivity contribution in [2.24, 2.45) is 10.9 Å². The van der Waals surface area contributed by atoms with E-state index in [4.69, 9.17) is 4.74 Å². The van der Waals surface area contributed by atoms with Crippen LogP contribution >= 0.6 is 24.0 Å². The average Bonchev–Trinajstić information content (AvgIpc) is 3.06. The zero-order chi connectivity index (χ0) is 17.4. The smallest absolute Gasteiger partial charge is 0.243 e. The number of amides is 1. The minimum Gasteiger partial charge on any atom is -0.381 e. The lowest BCUT2D eigenvalue weighted by Crippen LogP contribution is -2.46. The number of guanidine groups is 1. The number of likely N-dealkylation sites (tertiary alicyclic amines) is 1. The van der Waals surface area contributed by atoms with E-state index in [2.05, 4.69) is 15.2 Å². The Bertz CT molecular complexity index is 425. The Morgan fingerprint density at radius 3 is 2.60 bits per heavy atom. The molecule has 0 bridgehead atoms. The van der Waals surface area contributed by atoms with Crippen LogP contribution in [-0.2, 0) is 9.53 Å². The zero-order valence-corrected chi connectivity index (χ0v) is 18.3. The van der Waals surface area contributed by atoms with Crippen molar-refractivity contribution >= 4 is 35.8 Å². The van der Waals surface area contributed by atoms with E-state index in [1.54, 1.807) is 19.0 Å². The summed E-state index contributed by atoms with van der Waals surface area (Å²) in [7, 11) is 3.56. The van der Waals surface area contributed by atoms with Crippen LogP contribution in [0.2, 0.25) is 0 Å². The minimum absolute atomic E-state index is 0. The molecule has 25 heavy (non-hydrogen) atoms. The maximum Gasteiger partial charge on any atom is 0.243 e. The monoisotopic (exact) mass is 466 g/mol. The topological polar surface area (TPSA) is 57.2 Å². The van der Waals surface area contributed by atoms with E-state index in [1.807, 2.05) is 6.92 Å². The molecule has 1 N–H and O–H groups in total. The van der Waals surface area contributed by atoms with Crippen LogP contribution in [0.1, 0.15) is 45.4 Å². The van der Waals surface area contributed by atoms with Gasteiger partial charge in [0.25, 0.3) is 0 Å². The molecule has 2 rings (SSSR count). The van der Waals surface area contributed by atoms with Crippen LogP contribution in [0.3, 0.4) is 0 Å². The summed E-state index contributed by atoms with van der Waals surface area (Å²) in [5.74, 6) is 1.52. The van der Waals surface area contributed by atoms with Crippen molar-refractivity contribution in [1.29, 1.82) is 0 Å². The molecule has 6 nitrogen and oxygen atoms in total. The highest BCUT2D eigenvalue weighted by Gasteiger charge is 2.27. The number of halogens is 1. The van der Waals surface area contributed by atoms with Crippen LogP contribution in [0, 0.1) is 5.92 Å². The summed E-state index contributed by atoms with van der Waals surface area (Å²) >= 11 is 0. The number of hydrogen-bond acceptors (Lipinski definition) is 3. The Kier molecular flexibility index (Phi) is 10.7. The SMILES string of the molecule is CCOCC1CCN(C(=NCC(=O)N(C)C)NC2CCCCC2)C1.I. The van der Waals surface area contributed by atoms with E-state index in [-0.39, 0.29) is 36.4 Å². The second-order valence-corrected chi connectivity index (χ2v) is 7.17. The van der Waals surface area contributed by atoms with Gasteiger partial charge in [0.05, 0.1) is 6.61 Å². The van der Waals surface area contributed by atoms with Crippen LogP contribution in [-0.4, -0.2) is 74.7 Å². The molecule has 1 unspecified atom stereocenters. The van der Waals surface area contributed by atoms with Gasteiger partial charge in [-0.2, -0.15) is 0 Å². The molecule has 0 spiro atoms. The largest absolute Gasteiger partial charge is 0.381 e. The number of nitrogens with zero attached hydrogens (tertiary/aromatic N) is 3. The third-order valence-corrected chi connectivity index (χ3v) is 4.94. The molecule has 1 atom stereocenters.